The lowest BCUT2D eigenvalue weighted by Gasteiger charge is -2.02. The van der Waals surface area contributed by atoms with Crippen LogP contribution in [-0.4, -0.2) is 25.9 Å². The average Bonchev–Trinajstić information content (AvgIpc) is 2.78. The number of hydrogen-bond acceptors (Lipinski definition) is 7. The van der Waals surface area contributed by atoms with Crippen LogP contribution in [0.25, 0.3) is 0 Å². The number of rotatable bonds is 5. The Hall–Kier alpha value is -1.21. The van der Waals surface area contributed by atoms with Crippen LogP contribution in [0.3, 0.4) is 0 Å². The van der Waals surface area contributed by atoms with Crippen molar-refractivity contribution in [2.75, 3.05) is 11.9 Å². The fraction of sp³-hybridized carbons (Fsp3) is 0.400. The van der Waals surface area contributed by atoms with E-state index < -0.39 is 0 Å². The number of aromatic nitrogens is 4. The number of hydrogen-bond donors (Lipinski definition) is 1. The minimum absolute atomic E-state index is 0.838. The molecule has 2 aromatic rings. The molecule has 2 aromatic heterocycles. The fourth-order valence-electron chi connectivity index (χ4n) is 1.19. The summed E-state index contributed by atoms with van der Waals surface area (Å²) < 4.78 is 5.16. The summed E-state index contributed by atoms with van der Waals surface area (Å²) in [6.45, 7) is 4.93. The SMILES string of the molecule is CCNc1cc(Sc2nc(CC)ns2)ncn1. The van der Waals surface area contributed by atoms with Gasteiger partial charge in [-0.05, 0) is 30.2 Å². The van der Waals surface area contributed by atoms with Gasteiger partial charge in [-0.3, -0.25) is 0 Å². The van der Waals surface area contributed by atoms with Crippen LogP contribution in [0.1, 0.15) is 19.7 Å². The van der Waals surface area contributed by atoms with E-state index in [2.05, 4.69) is 24.6 Å². The van der Waals surface area contributed by atoms with E-state index in [9.17, 15) is 0 Å². The largest absolute Gasteiger partial charge is 0.370 e. The van der Waals surface area contributed by atoms with Gasteiger partial charge in [0.05, 0.1) is 0 Å². The highest BCUT2D eigenvalue weighted by molar-refractivity contribution is 8.00. The maximum atomic E-state index is 4.39. The average molecular weight is 267 g/mol. The Kier molecular flexibility index (Phi) is 4.27. The van der Waals surface area contributed by atoms with Crippen LogP contribution in [0.4, 0.5) is 5.82 Å². The highest BCUT2D eigenvalue weighted by Crippen LogP contribution is 2.28. The lowest BCUT2D eigenvalue weighted by Crippen LogP contribution is -1.99. The molecule has 0 unspecified atom stereocenters. The molecule has 0 spiro atoms. The fourth-order valence-corrected chi connectivity index (χ4v) is 2.80. The summed E-state index contributed by atoms with van der Waals surface area (Å²) >= 11 is 2.93. The zero-order chi connectivity index (χ0) is 12.1. The third-order valence-corrected chi connectivity index (χ3v) is 3.68. The van der Waals surface area contributed by atoms with E-state index in [4.69, 9.17) is 0 Å². The van der Waals surface area contributed by atoms with Gasteiger partial charge < -0.3 is 5.32 Å². The normalized spacial score (nSPS) is 10.5. The summed E-state index contributed by atoms with van der Waals surface area (Å²) in [5.41, 5.74) is 0. The van der Waals surface area contributed by atoms with Crippen LogP contribution >= 0.6 is 23.3 Å². The summed E-state index contributed by atoms with van der Waals surface area (Å²) in [6, 6.07) is 1.92. The molecule has 0 bridgehead atoms. The Labute approximate surface area is 108 Å². The molecule has 0 aliphatic rings. The van der Waals surface area contributed by atoms with Crippen LogP contribution in [0.15, 0.2) is 21.8 Å². The second-order valence-electron chi connectivity index (χ2n) is 3.20. The van der Waals surface area contributed by atoms with Gasteiger partial charge in [0.25, 0.3) is 0 Å². The zero-order valence-corrected chi connectivity index (χ0v) is 11.3. The van der Waals surface area contributed by atoms with Crippen LogP contribution in [0.5, 0.6) is 0 Å². The van der Waals surface area contributed by atoms with Crippen LogP contribution in [-0.2, 0) is 6.42 Å². The van der Waals surface area contributed by atoms with Crippen molar-refractivity contribution >= 4 is 29.1 Å². The van der Waals surface area contributed by atoms with Crippen LogP contribution in [0, 0.1) is 0 Å². The van der Waals surface area contributed by atoms with Crippen molar-refractivity contribution in [3.8, 4) is 0 Å². The summed E-state index contributed by atoms with van der Waals surface area (Å²) in [6.07, 6.45) is 2.42. The molecule has 0 fully saturated rings. The van der Waals surface area contributed by atoms with E-state index in [0.717, 1.165) is 34.0 Å². The molecule has 90 valence electrons. The molecule has 2 rings (SSSR count). The van der Waals surface area contributed by atoms with Gasteiger partial charge in [0.1, 0.15) is 23.0 Å². The Bertz CT molecular complexity index is 485. The molecular weight excluding hydrogens is 254 g/mol. The first-order chi connectivity index (χ1) is 8.31. The van der Waals surface area contributed by atoms with Gasteiger partial charge in [0.15, 0.2) is 4.34 Å². The number of anilines is 1. The summed E-state index contributed by atoms with van der Waals surface area (Å²) in [4.78, 5) is 12.7. The molecule has 0 saturated heterocycles. The third kappa shape index (κ3) is 3.37. The molecule has 2 heterocycles. The first-order valence-electron chi connectivity index (χ1n) is 5.38. The molecule has 0 aliphatic carbocycles. The Balaban J connectivity index is 2.09. The molecule has 1 N–H and O–H groups in total. The van der Waals surface area contributed by atoms with Gasteiger partial charge in [0.2, 0.25) is 0 Å². The predicted octanol–water partition coefficient (Wildman–Crippen LogP) is 2.47. The number of aryl methyl sites for hydroxylation is 1. The van der Waals surface area contributed by atoms with Crippen LogP contribution < -0.4 is 5.32 Å². The lowest BCUT2D eigenvalue weighted by molar-refractivity contribution is 0.968. The first kappa shape index (κ1) is 12.3. The highest BCUT2D eigenvalue weighted by atomic mass is 32.2. The monoisotopic (exact) mass is 267 g/mol. The maximum absolute atomic E-state index is 4.39. The van der Waals surface area contributed by atoms with Crippen molar-refractivity contribution in [1.82, 2.24) is 19.3 Å². The Morgan fingerprint density at radius 2 is 2.24 bits per heavy atom. The Morgan fingerprint density at radius 1 is 1.35 bits per heavy atom. The molecule has 0 saturated carbocycles. The molecule has 7 heteroatoms. The number of nitrogens with one attached hydrogen (secondary N) is 1. The number of nitrogens with zero attached hydrogens (tertiary/aromatic N) is 4. The Morgan fingerprint density at radius 3 is 2.94 bits per heavy atom. The minimum atomic E-state index is 0.838. The van der Waals surface area contributed by atoms with Crippen molar-refractivity contribution in [1.29, 1.82) is 0 Å². The molecule has 0 aliphatic heterocycles. The molecule has 0 atom stereocenters. The van der Waals surface area contributed by atoms with Crippen molar-refractivity contribution in [3.63, 3.8) is 0 Å². The molecule has 0 amide bonds. The van der Waals surface area contributed by atoms with Gasteiger partial charge in [-0.25, -0.2) is 15.0 Å². The molecule has 0 aromatic carbocycles. The van der Waals surface area contributed by atoms with Crippen molar-refractivity contribution < 1.29 is 0 Å². The molecule has 5 nitrogen and oxygen atoms in total. The van der Waals surface area contributed by atoms with E-state index >= 15 is 0 Å². The van der Waals surface area contributed by atoms with Crippen molar-refractivity contribution in [2.24, 2.45) is 0 Å². The summed E-state index contributed by atoms with van der Waals surface area (Å²) in [7, 11) is 0. The second-order valence-corrected chi connectivity index (χ2v) is 5.22. The van der Waals surface area contributed by atoms with E-state index in [1.54, 1.807) is 6.33 Å². The van der Waals surface area contributed by atoms with Gasteiger partial charge in [-0.1, -0.05) is 6.92 Å². The predicted molar refractivity (Wildman–Crippen MR) is 69.6 cm³/mol. The maximum Gasteiger partial charge on any atom is 0.176 e. The lowest BCUT2D eigenvalue weighted by atomic mass is 10.5. The highest BCUT2D eigenvalue weighted by Gasteiger charge is 2.06. The van der Waals surface area contributed by atoms with Crippen molar-refractivity contribution in [3.05, 3.63) is 18.2 Å². The van der Waals surface area contributed by atoms with E-state index in [1.165, 1.54) is 23.3 Å². The summed E-state index contributed by atoms with van der Waals surface area (Å²) in [5.74, 6) is 1.73. The van der Waals surface area contributed by atoms with Gasteiger partial charge in [-0.15, -0.1) is 0 Å². The smallest absolute Gasteiger partial charge is 0.176 e. The molecular formula is C10H13N5S2. The van der Waals surface area contributed by atoms with E-state index in [-0.39, 0.29) is 0 Å². The van der Waals surface area contributed by atoms with Crippen molar-refractivity contribution in [2.45, 2.75) is 29.6 Å². The van der Waals surface area contributed by atoms with Crippen LogP contribution in [0.2, 0.25) is 0 Å². The zero-order valence-electron chi connectivity index (χ0n) is 9.67. The standard InChI is InChI=1S/C10H13N5S2/c1-3-7-14-10(17-15-7)16-9-5-8(11-4-2)12-6-13-9/h5-6H,3-4H2,1-2H3,(H,11,12,13). The minimum Gasteiger partial charge on any atom is -0.370 e. The van der Waals surface area contributed by atoms with Gasteiger partial charge >= 0.3 is 0 Å². The topological polar surface area (TPSA) is 63.6 Å². The third-order valence-electron chi connectivity index (χ3n) is 1.96. The first-order valence-corrected chi connectivity index (χ1v) is 6.97. The molecule has 0 radical (unpaired) electrons. The van der Waals surface area contributed by atoms with Gasteiger partial charge in [0, 0.05) is 19.0 Å². The quantitative estimate of drug-likeness (QED) is 0.840. The second kappa shape index (κ2) is 5.92. The summed E-state index contributed by atoms with van der Waals surface area (Å²) in [5, 5.41) is 4.04. The molecule has 17 heavy (non-hydrogen) atoms. The van der Waals surface area contributed by atoms with Gasteiger partial charge in [-0.2, -0.15) is 4.37 Å². The van der Waals surface area contributed by atoms with E-state index in [0.29, 0.717) is 0 Å². The van der Waals surface area contributed by atoms with E-state index in [1.807, 2.05) is 19.9 Å².